The van der Waals surface area contributed by atoms with Crippen LogP contribution in [0.15, 0.2) is 12.4 Å². The van der Waals surface area contributed by atoms with Gasteiger partial charge in [0.2, 0.25) is 5.91 Å². The zero-order chi connectivity index (χ0) is 15.4. The lowest BCUT2D eigenvalue weighted by Crippen LogP contribution is -2.23. The number of anilines is 2. The van der Waals surface area contributed by atoms with E-state index in [9.17, 15) is 9.59 Å². The van der Waals surface area contributed by atoms with Crippen molar-refractivity contribution in [3.05, 3.63) is 23.8 Å². The Morgan fingerprint density at radius 3 is 2.86 bits per heavy atom. The quantitative estimate of drug-likeness (QED) is 0.603. The van der Waals surface area contributed by atoms with Crippen molar-refractivity contribution in [2.75, 3.05) is 18.1 Å². The number of nitrogens with zero attached hydrogens (tertiary/aromatic N) is 3. The third kappa shape index (κ3) is 3.19. The first-order valence-electron chi connectivity index (χ1n) is 6.42. The van der Waals surface area contributed by atoms with Gasteiger partial charge in [0.1, 0.15) is 6.54 Å². The second kappa shape index (κ2) is 6.07. The second-order valence-electron chi connectivity index (χ2n) is 4.37. The van der Waals surface area contributed by atoms with Gasteiger partial charge in [-0.05, 0) is 6.42 Å². The zero-order valence-corrected chi connectivity index (χ0v) is 11.8. The number of carbonyl (C=O) groups excluding carboxylic acids is 2. The summed E-state index contributed by atoms with van der Waals surface area (Å²) in [7, 11) is 1.54. The third-order valence-corrected chi connectivity index (χ3v) is 2.93. The summed E-state index contributed by atoms with van der Waals surface area (Å²) in [5.74, 6) is -0.608. The first-order valence-corrected chi connectivity index (χ1v) is 6.42. The molecule has 0 aliphatic heterocycles. The molecule has 0 aliphatic carbocycles. The monoisotopic (exact) mass is 291 g/mol. The molecule has 2 heterocycles. The Hall–Kier alpha value is -2.84. The minimum Gasteiger partial charge on any atom is -0.395 e. The van der Waals surface area contributed by atoms with Gasteiger partial charge in [0, 0.05) is 13.2 Å². The van der Waals surface area contributed by atoms with Crippen molar-refractivity contribution in [1.82, 2.24) is 25.3 Å². The van der Waals surface area contributed by atoms with Crippen LogP contribution in [0.1, 0.15) is 23.1 Å². The van der Waals surface area contributed by atoms with Crippen LogP contribution in [0.3, 0.4) is 0 Å². The highest BCUT2D eigenvalue weighted by Gasteiger charge is 2.17. The molecule has 21 heavy (non-hydrogen) atoms. The Labute approximate surface area is 120 Å². The molecular weight excluding hydrogens is 274 g/mol. The molecule has 2 rings (SSSR count). The lowest BCUT2D eigenvalue weighted by Gasteiger charge is -2.01. The average molecular weight is 291 g/mol. The number of carbonyl (C=O) groups is 2. The average Bonchev–Trinajstić information content (AvgIpc) is 3.05. The molecule has 2 amide bonds. The van der Waals surface area contributed by atoms with Crippen LogP contribution >= 0.6 is 0 Å². The normalized spacial score (nSPS) is 10.4. The molecule has 112 valence electrons. The predicted octanol–water partition coefficient (Wildman–Crippen LogP) is -0.251. The van der Waals surface area contributed by atoms with Crippen molar-refractivity contribution in [2.45, 2.75) is 19.9 Å². The fourth-order valence-corrected chi connectivity index (χ4v) is 1.76. The Kier molecular flexibility index (Phi) is 4.21. The lowest BCUT2D eigenvalue weighted by atomic mass is 10.2. The molecule has 0 atom stereocenters. The van der Waals surface area contributed by atoms with E-state index in [1.807, 2.05) is 6.92 Å². The van der Waals surface area contributed by atoms with Crippen LogP contribution in [0.4, 0.5) is 11.4 Å². The van der Waals surface area contributed by atoms with E-state index in [0.29, 0.717) is 17.8 Å². The molecule has 0 saturated carbocycles. The molecule has 2 aromatic rings. The van der Waals surface area contributed by atoms with E-state index in [0.717, 1.165) is 5.69 Å². The molecule has 9 heteroatoms. The highest BCUT2D eigenvalue weighted by atomic mass is 16.2. The van der Waals surface area contributed by atoms with Crippen LogP contribution in [-0.4, -0.2) is 38.8 Å². The minimum absolute atomic E-state index is 0.0803. The maximum atomic E-state index is 12.1. The zero-order valence-electron chi connectivity index (χ0n) is 11.8. The van der Waals surface area contributed by atoms with Gasteiger partial charge in [0.05, 0.1) is 23.3 Å². The van der Waals surface area contributed by atoms with Crippen molar-refractivity contribution in [3.63, 3.8) is 0 Å². The molecule has 0 bridgehead atoms. The highest BCUT2D eigenvalue weighted by molar-refractivity contribution is 6.06. The van der Waals surface area contributed by atoms with E-state index < -0.39 is 5.91 Å². The van der Waals surface area contributed by atoms with Gasteiger partial charge >= 0.3 is 0 Å². The van der Waals surface area contributed by atoms with Crippen molar-refractivity contribution in [2.24, 2.45) is 0 Å². The number of amides is 2. The molecule has 0 aliphatic rings. The van der Waals surface area contributed by atoms with Crippen LogP contribution in [-0.2, 0) is 17.8 Å². The smallest absolute Gasteiger partial charge is 0.278 e. The maximum Gasteiger partial charge on any atom is 0.278 e. The number of aromatic nitrogens is 4. The number of hydrogen-bond donors (Lipinski definition) is 4. The largest absolute Gasteiger partial charge is 0.395 e. The summed E-state index contributed by atoms with van der Waals surface area (Å²) in [6.07, 6.45) is 3.66. The molecule has 0 saturated heterocycles. The number of likely N-dealkylation sites (N-methyl/N-ethyl adjacent to an activating group) is 1. The van der Waals surface area contributed by atoms with Crippen molar-refractivity contribution >= 4 is 23.2 Å². The summed E-state index contributed by atoms with van der Waals surface area (Å²) in [6.45, 7) is 1.99. The Balaban J connectivity index is 2.06. The number of nitrogen functional groups attached to an aromatic ring is 1. The molecule has 5 N–H and O–H groups in total. The van der Waals surface area contributed by atoms with Gasteiger partial charge in [-0.25, -0.2) is 0 Å². The minimum atomic E-state index is -0.428. The van der Waals surface area contributed by atoms with Gasteiger partial charge in [-0.3, -0.25) is 19.4 Å². The van der Waals surface area contributed by atoms with Gasteiger partial charge < -0.3 is 16.4 Å². The van der Waals surface area contributed by atoms with E-state index in [4.69, 9.17) is 5.73 Å². The molecular formula is C12H17N7O2. The van der Waals surface area contributed by atoms with E-state index in [-0.39, 0.29) is 18.1 Å². The second-order valence-corrected chi connectivity index (χ2v) is 4.37. The number of aryl methyl sites for hydroxylation is 1. The summed E-state index contributed by atoms with van der Waals surface area (Å²) in [5.41, 5.74) is 7.49. The SMILES string of the molecule is CCc1[nH]nc(C(=O)Nc2cnn(CC(=O)NC)c2)c1N. The molecule has 0 radical (unpaired) electrons. The fourth-order valence-electron chi connectivity index (χ4n) is 1.76. The Morgan fingerprint density at radius 1 is 1.48 bits per heavy atom. The van der Waals surface area contributed by atoms with Gasteiger partial charge in [0.25, 0.3) is 5.91 Å². The van der Waals surface area contributed by atoms with Gasteiger partial charge in [-0.15, -0.1) is 0 Å². The van der Waals surface area contributed by atoms with E-state index >= 15 is 0 Å². The van der Waals surface area contributed by atoms with E-state index in [2.05, 4.69) is 25.9 Å². The number of nitrogens with one attached hydrogen (secondary N) is 3. The summed E-state index contributed by atoms with van der Waals surface area (Å²) in [6, 6.07) is 0. The first kappa shape index (κ1) is 14.6. The number of hydrogen-bond acceptors (Lipinski definition) is 5. The Bertz CT molecular complexity index is 658. The van der Waals surface area contributed by atoms with Crippen LogP contribution in [0.5, 0.6) is 0 Å². The predicted molar refractivity (Wildman–Crippen MR) is 76.6 cm³/mol. The summed E-state index contributed by atoms with van der Waals surface area (Å²) >= 11 is 0. The molecule has 0 aromatic carbocycles. The van der Waals surface area contributed by atoms with Gasteiger partial charge in [-0.1, -0.05) is 6.92 Å². The molecule has 9 nitrogen and oxygen atoms in total. The van der Waals surface area contributed by atoms with Crippen LogP contribution in [0, 0.1) is 0 Å². The standard InChI is InChI=1S/C12H17N7O2/c1-3-8-10(13)11(18-17-8)12(21)16-7-4-15-19(5-7)6-9(20)14-2/h4-5H,3,6,13H2,1-2H3,(H,14,20)(H,16,21)(H,17,18). The molecule has 0 spiro atoms. The van der Waals surface area contributed by atoms with Crippen LogP contribution in [0.2, 0.25) is 0 Å². The Morgan fingerprint density at radius 2 is 2.24 bits per heavy atom. The number of H-pyrrole nitrogens is 1. The molecule has 0 unspecified atom stereocenters. The van der Waals surface area contributed by atoms with Crippen molar-refractivity contribution in [1.29, 1.82) is 0 Å². The number of aromatic amines is 1. The molecule has 2 aromatic heterocycles. The lowest BCUT2D eigenvalue weighted by molar-refractivity contribution is -0.121. The van der Waals surface area contributed by atoms with Crippen LogP contribution in [0.25, 0.3) is 0 Å². The van der Waals surface area contributed by atoms with E-state index in [1.165, 1.54) is 10.9 Å². The van der Waals surface area contributed by atoms with Crippen LogP contribution < -0.4 is 16.4 Å². The van der Waals surface area contributed by atoms with Crippen molar-refractivity contribution in [3.8, 4) is 0 Å². The van der Waals surface area contributed by atoms with Gasteiger partial charge in [-0.2, -0.15) is 10.2 Å². The van der Waals surface area contributed by atoms with Crippen molar-refractivity contribution < 1.29 is 9.59 Å². The van der Waals surface area contributed by atoms with E-state index in [1.54, 1.807) is 13.2 Å². The summed E-state index contributed by atoms with van der Waals surface area (Å²) in [4.78, 5) is 23.3. The molecule has 0 fully saturated rings. The number of rotatable bonds is 5. The summed E-state index contributed by atoms with van der Waals surface area (Å²) < 4.78 is 1.42. The topological polar surface area (TPSA) is 131 Å². The number of nitrogens with two attached hydrogens (primary N) is 1. The first-order chi connectivity index (χ1) is 10.0. The third-order valence-electron chi connectivity index (χ3n) is 2.93. The maximum absolute atomic E-state index is 12.1. The highest BCUT2D eigenvalue weighted by Crippen LogP contribution is 2.16. The fraction of sp³-hybridized carbons (Fsp3) is 0.333. The summed E-state index contributed by atoms with van der Waals surface area (Å²) in [5, 5.41) is 15.7. The van der Waals surface area contributed by atoms with Gasteiger partial charge in [0.15, 0.2) is 5.69 Å².